The Hall–Kier alpha value is -2.70. The molecule has 1 heterocycles. The van der Waals surface area contributed by atoms with Crippen molar-refractivity contribution in [1.82, 2.24) is 9.97 Å². The molecule has 7 nitrogen and oxygen atoms in total. The fourth-order valence-electron chi connectivity index (χ4n) is 2.10. The van der Waals surface area contributed by atoms with Gasteiger partial charge in [0.1, 0.15) is 6.33 Å². The third kappa shape index (κ3) is 4.91. The smallest absolute Gasteiger partial charge is 0.353 e. The van der Waals surface area contributed by atoms with Crippen molar-refractivity contribution >= 4 is 17.3 Å². The van der Waals surface area contributed by atoms with Gasteiger partial charge < -0.3 is 10.6 Å². The molecule has 7 heteroatoms. The van der Waals surface area contributed by atoms with Crippen LogP contribution in [-0.2, 0) is 6.42 Å². The van der Waals surface area contributed by atoms with Gasteiger partial charge in [-0.05, 0) is 32.8 Å². The molecule has 1 aromatic carbocycles. The normalized spacial score (nSPS) is 11.1. The van der Waals surface area contributed by atoms with Crippen LogP contribution in [0.5, 0.6) is 0 Å². The van der Waals surface area contributed by atoms with E-state index in [-0.39, 0.29) is 22.9 Å². The first-order valence-corrected chi connectivity index (χ1v) is 7.42. The predicted octanol–water partition coefficient (Wildman–Crippen LogP) is 3.25. The standard InChI is InChI=1S/C16H21N5O2/c1-16(2,3)20-15-13(21(22)23)14(18-11-19-15)17-10-9-12-7-5-4-6-8-12/h4-8,11H,9-10H2,1-3H3,(H2,17,18,19,20). The molecule has 0 amide bonds. The third-order valence-electron chi connectivity index (χ3n) is 3.05. The molecule has 0 radical (unpaired) electrons. The SMILES string of the molecule is CC(C)(C)Nc1ncnc(NCCc2ccccc2)c1[N+](=O)[O-]. The molecular weight excluding hydrogens is 294 g/mol. The van der Waals surface area contributed by atoms with E-state index in [4.69, 9.17) is 0 Å². The zero-order chi connectivity index (χ0) is 16.9. The van der Waals surface area contributed by atoms with Crippen molar-refractivity contribution in [3.8, 4) is 0 Å². The van der Waals surface area contributed by atoms with Crippen molar-refractivity contribution in [2.75, 3.05) is 17.2 Å². The van der Waals surface area contributed by atoms with Gasteiger partial charge in [0.05, 0.1) is 4.92 Å². The largest absolute Gasteiger partial charge is 0.364 e. The first-order valence-electron chi connectivity index (χ1n) is 7.42. The maximum absolute atomic E-state index is 11.4. The lowest BCUT2D eigenvalue weighted by atomic mass is 10.1. The Morgan fingerprint density at radius 1 is 1.13 bits per heavy atom. The van der Waals surface area contributed by atoms with Crippen LogP contribution in [0.2, 0.25) is 0 Å². The Bertz CT molecular complexity index is 668. The molecule has 122 valence electrons. The van der Waals surface area contributed by atoms with E-state index in [0.717, 1.165) is 12.0 Å². The lowest BCUT2D eigenvalue weighted by Gasteiger charge is -2.21. The Labute approximate surface area is 135 Å². The highest BCUT2D eigenvalue weighted by atomic mass is 16.6. The lowest BCUT2D eigenvalue weighted by Crippen LogP contribution is -2.27. The highest BCUT2D eigenvalue weighted by Gasteiger charge is 2.25. The number of hydrogen-bond acceptors (Lipinski definition) is 6. The molecule has 2 rings (SSSR count). The van der Waals surface area contributed by atoms with Gasteiger partial charge >= 0.3 is 5.69 Å². The molecule has 2 N–H and O–H groups in total. The van der Waals surface area contributed by atoms with Crippen LogP contribution in [0.15, 0.2) is 36.7 Å². The van der Waals surface area contributed by atoms with E-state index < -0.39 is 4.92 Å². The summed E-state index contributed by atoms with van der Waals surface area (Å²) in [5.41, 5.74) is 0.695. The van der Waals surface area contributed by atoms with Gasteiger partial charge in [-0.15, -0.1) is 0 Å². The Balaban J connectivity index is 2.14. The Kier molecular flexibility index (Phi) is 5.10. The molecule has 0 saturated carbocycles. The minimum atomic E-state index is -0.459. The molecule has 0 bridgehead atoms. The van der Waals surface area contributed by atoms with E-state index in [2.05, 4.69) is 20.6 Å². The number of nitrogens with zero attached hydrogens (tertiary/aromatic N) is 3. The molecule has 0 aliphatic carbocycles. The lowest BCUT2D eigenvalue weighted by molar-refractivity contribution is -0.383. The average molecular weight is 315 g/mol. The maximum atomic E-state index is 11.4. The molecule has 1 aromatic heterocycles. The van der Waals surface area contributed by atoms with Crippen LogP contribution in [0.4, 0.5) is 17.3 Å². The van der Waals surface area contributed by atoms with Gasteiger partial charge in [0, 0.05) is 12.1 Å². The second kappa shape index (κ2) is 7.04. The van der Waals surface area contributed by atoms with Gasteiger partial charge in [-0.25, -0.2) is 9.97 Å². The zero-order valence-electron chi connectivity index (χ0n) is 13.5. The fraction of sp³-hybridized carbons (Fsp3) is 0.375. The topological polar surface area (TPSA) is 93.0 Å². The van der Waals surface area contributed by atoms with Gasteiger partial charge in [-0.3, -0.25) is 10.1 Å². The number of benzene rings is 1. The van der Waals surface area contributed by atoms with Crippen LogP contribution < -0.4 is 10.6 Å². The number of nitro groups is 1. The first kappa shape index (κ1) is 16.7. The third-order valence-corrected chi connectivity index (χ3v) is 3.05. The van der Waals surface area contributed by atoms with Gasteiger partial charge in [0.25, 0.3) is 0 Å². The molecule has 0 spiro atoms. The van der Waals surface area contributed by atoms with Gasteiger partial charge in [0.15, 0.2) is 0 Å². The number of rotatable bonds is 6. The van der Waals surface area contributed by atoms with E-state index >= 15 is 0 Å². The minimum absolute atomic E-state index is 0.129. The van der Waals surface area contributed by atoms with Crippen molar-refractivity contribution in [1.29, 1.82) is 0 Å². The Morgan fingerprint density at radius 2 is 1.78 bits per heavy atom. The molecule has 0 aliphatic heterocycles. The van der Waals surface area contributed by atoms with Crippen LogP contribution in [0, 0.1) is 10.1 Å². The van der Waals surface area contributed by atoms with E-state index in [1.165, 1.54) is 6.33 Å². The molecule has 0 unspecified atom stereocenters. The van der Waals surface area contributed by atoms with Crippen LogP contribution in [0.3, 0.4) is 0 Å². The van der Waals surface area contributed by atoms with E-state index in [0.29, 0.717) is 6.54 Å². The highest BCUT2D eigenvalue weighted by molar-refractivity contribution is 5.69. The minimum Gasteiger partial charge on any atom is -0.364 e. The summed E-state index contributed by atoms with van der Waals surface area (Å²) in [5.74, 6) is 0.451. The number of hydrogen-bond donors (Lipinski definition) is 2. The molecule has 0 saturated heterocycles. The van der Waals surface area contributed by atoms with Crippen molar-refractivity contribution < 1.29 is 4.92 Å². The molecule has 0 atom stereocenters. The summed E-state index contributed by atoms with van der Waals surface area (Å²) in [6, 6.07) is 9.92. The summed E-state index contributed by atoms with van der Waals surface area (Å²) >= 11 is 0. The van der Waals surface area contributed by atoms with Crippen molar-refractivity contribution in [3.05, 3.63) is 52.3 Å². The highest BCUT2D eigenvalue weighted by Crippen LogP contribution is 2.30. The quantitative estimate of drug-likeness (QED) is 0.628. The summed E-state index contributed by atoms with van der Waals surface area (Å²) in [6.07, 6.45) is 2.08. The fourth-order valence-corrected chi connectivity index (χ4v) is 2.10. The zero-order valence-corrected chi connectivity index (χ0v) is 13.5. The van der Waals surface area contributed by atoms with E-state index in [1.807, 2.05) is 51.1 Å². The predicted molar refractivity (Wildman–Crippen MR) is 90.7 cm³/mol. The van der Waals surface area contributed by atoms with Crippen LogP contribution in [0.25, 0.3) is 0 Å². The summed E-state index contributed by atoms with van der Waals surface area (Å²) in [5, 5.41) is 17.5. The monoisotopic (exact) mass is 315 g/mol. The number of aromatic nitrogens is 2. The molecule has 0 aliphatic rings. The summed E-state index contributed by atoms with van der Waals surface area (Å²) in [4.78, 5) is 19.0. The molecule has 23 heavy (non-hydrogen) atoms. The van der Waals surface area contributed by atoms with Crippen LogP contribution >= 0.6 is 0 Å². The van der Waals surface area contributed by atoms with Crippen LogP contribution in [-0.4, -0.2) is 27.0 Å². The maximum Gasteiger partial charge on any atom is 0.353 e. The summed E-state index contributed by atoms with van der Waals surface area (Å²) < 4.78 is 0. The van der Waals surface area contributed by atoms with Gasteiger partial charge in [-0.2, -0.15) is 0 Å². The molecular formula is C16H21N5O2. The Morgan fingerprint density at radius 3 is 2.39 bits per heavy atom. The van der Waals surface area contributed by atoms with E-state index in [9.17, 15) is 10.1 Å². The van der Waals surface area contributed by atoms with Crippen molar-refractivity contribution in [2.45, 2.75) is 32.7 Å². The van der Waals surface area contributed by atoms with Gasteiger partial charge in [-0.1, -0.05) is 30.3 Å². The van der Waals surface area contributed by atoms with Crippen molar-refractivity contribution in [3.63, 3.8) is 0 Å². The van der Waals surface area contributed by atoms with Gasteiger partial charge in [0.2, 0.25) is 11.6 Å². The van der Waals surface area contributed by atoms with Crippen molar-refractivity contribution in [2.24, 2.45) is 0 Å². The summed E-state index contributed by atoms with van der Waals surface area (Å²) in [6.45, 7) is 6.31. The molecule has 2 aromatic rings. The second-order valence-corrected chi connectivity index (χ2v) is 6.21. The van der Waals surface area contributed by atoms with Crippen LogP contribution in [0.1, 0.15) is 26.3 Å². The number of nitrogens with one attached hydrogen (secondary N) is 2. The van der Waals surface area contributed by atoms with E-state index in [1.54, 1.807) is 0 Å². The molecule has 0 fully saturated rings. The average Bonchev–Trinajstić information content (AvgIpc) is 2.46. The first-order chi connectivity index (χ1) is 10.9. The second-order valence-electron chi connectivity index (χ2n) is 6.21. The number of anilines is 2. The summed E-state index contributed by atoms with van der Waals surface area (Å²) in [7, 11) is 0.